The Kier molecular flexibility index (Phi) is 9.47. The normalized spacial score (nSPS) is 19.0. The lowest BCUT2D eigenvalue weighted by Crippen LogP contribution is -2.56. The molecule has 1 heterocycles. The van der Waals surface area contributed by atoms with E-state index in [0.29, 0.717) is 19.1 Å². The van der Waals surface area contributed by atoms with Crippen LogP contribution in [0.25, 0.3) is 0 Å². The molecule has 36 heavy (non-hydrogen) atoms. The van der Waals surface area contributed by atoms with Gasteiger partial charge in [0.25, 0.3) is 5.91 Å². The highest BCUT2D eigenvalue weighted by Gasteiger charge is 2.29. The molecule has 2 aromatic rings. The number of hydroxylamine groups is 1. The van der Waals surface area contributed by atoms with Gasteiger partial charge in [-0.05, 0) is 55.7 Å². The number of nitrogens with one attached hydrogen (secondary N) is 1. The second kappa shape index (κ2) is 13.0. The molecular formula is C29H41N3O4. The molecule has 2 fully saturated rings. The fraction of sp³-hybridized carbons (Fsp3) is 0.552. The lowest BCUT2D eigenvalue weighted by Gasteiger charge is -2.42. The molecule has 0 unspecified atom stereocenters. The van der Waals surface area contributed by atoms with Crippen LogP contribution in [0.3, 0.4) is 0 Å². The zero-order valence-electron chi connectivity index (χ0n) is 21.9. The molecule has 0 bridgehead atoms. The summed E-state index contributed by atoms with van der Waals surface area (Å²) < 4.78 is 11.9. The van der Waals surface area contributed by atoms with Gasteiger partial charge in [-0.3, -0.25) is 14.5 Å². The maximum absolute atomic E-state index is 12.6. The van der Waals surface area contributed by atoms with Crippen molar-refractivity contribution in [3.05, 3.63) is 54.1 Å². The van der Waals surface area contributed by atoms with Gasteiger partial charge in [0, 0.05) is 37.4 Å². The molecule has 0 aromatic heterocycles. The number of hydrogen-bond donors (Lipinski definition) is 1. The van der Waals surface area contributed by atoms with Gasteiger partial charge in [0.1, 0.15) is 0 Å². The zero-order chi connectivity index (χ0) is 25.3. The summed E-state index contributed by atoms with van der Waals surface area (Å²) in [7, 11) is 1.70. The number of ether oxygens (including phenoxy) is 2. The summed E-state index contributed by atoms with van der Waals surface area (Å²) in [4.78, 5) is 22.6. The predicted molar refractivity (Wildman–Crippen MR) is 143 cm³/mol. The Hall–Kier alpha value is -2.77. The number of carbonyl (C=O) groups excluding carboxylic acids is 1. The highest BCUT2D eigenvalue weighted by atomic mass is 16.7. The number of hydrogen-bond acceptors (Lipinski definition) is 6. The molecule has 1 saturated heterocycles. The van der Waals surface area contributed by atoms with Gasteiger partial charge in [0.2, 0.25) is 0 Å². The standard InChI is InChI=1S/C29H41N3O4/c1-22(2)21-35-30-29(33)20-32-16-15-31(19-25(32)17-23-9-5-4-6-10-23)24-13-14-27(34-3)28(18-24)36-26-11-7-8-12-26/h4-6,9-10,13-14,18,22,25-26H,7-8,11-12,15-17,19-21H2,1-3H3,(H,30,33)/t25-/m0/s1. The zero-order valence-corrected chi connectivity index (χ0v) is 21.9. The van der Waals surface area contributed by atoms with Crippen LogP contribution in [0.4, 0.5) is 5.69 Å². The van der Waals surface area contributed by atoms with E-state index < -0.39 is 0 Å². The van der Waals surface area contributed by atoms with Crippen LogP contribution in [0, 0.1) is 5.92 Å². The van der Waals surface area contributed by atoms with Crippen LogP contribution in [0.5, 0.6) is 11.5 Å². The summed E-state index contributed by atoms with van der Waals surface area (Å²) in [6.45, 7) is 7.40. The first kappa shape index (κ1) is 26.3. The summed E-state index contributed by atoms with van der Waals surface area (Å²) in [6, 6.07) is 16.9. The van der Waals surface area contributed by atoms with Crippen molar-refractivity contribution in [1.29, 1.82) is 0 Å². The number of nitrogens with zero attached hydrogens (tertiary/aromatic N) is 2. The van der Waals surface area contributed by atoms with Crippen LogP contribution < -0.4 is 19.9 Å². The van der Waals surface area contributed by atoms with E-state index in [0.717, 1.165) is 56.1 Å². The molecule has 2 aliphatic rings. The van der Waals surface area contributed by atoms with E-state index in [1.165, 1.54) is 18.4 Å². The van der Waals surface area contributed by atoms with Crippen molar-refractivity contribution in [2.45, 2.75) is 58.1 Å². The van der Waals surface area contributed by atoms with Crippen molar-refractivity contribution in [1.82, 2.24) is 10.4 Å². The minimum atomic E-state index is -0.0983. The summed E-state index contributed by atoms with van der Waals surface area (Å²) in [5.74, 6) is 1.87. The van der Waals surface area contributed by atoms with E-state index >= 15 is 0 Å². The first-order valence-corrected chi connectivity index (χ1v) is 13.3. The molecule has 1 N–H and O–H groups in total. The second-order valence-electron chi connectivity index (χ2n) is 10.3. The van der Waals surface area contributed by atoms with Crippen molar-refractivity contribution in [2.75, 3.05) is 44.8 Å². The number of anilines is 1. The average molecular weight is 496 g/mol. The van der Waals surface area contributed by atoms with Crippen LogP contribution in [-0.4, -0.2) is 62.8 Å². The van der Waals surface area contributed by atoms with E-state index in [1.54, 1.807) is 7.11 Å². The number of methoxy groups -OCH3 is 1. The maximum Gasteiger partial charge on any atom is 0.257 e. The van der Waals surface area contributed by atoms with Crippen molar-refractivity contribution < 1.29 is 19.1 Å². The van der Waals surface area contributed by atoms with Gasteiger partial charge in [-0.15, -0.1) is 0 Å². The third kappa shape index (κ3) is 7.37. The highest BCUT2D eigenvalue weighted by Crippen LogP contribution is 2.35. The number of rotatable bonds is 11. The smallest absolute Gasteiger partial charge is 0.257 e. The molecule has 1 atom stereocenters. The van der Waals surface area contributed by atoms with Crippen molar-refractivity contribution in [3.8, 4) is 11.5 Å². The van der Waals surface area contributed by atoms with Gasteiger partial charge < -0.3 is 14.4 Å². The second-order valence-corrected chi connectivity index (χ2v) is 10.3. The Morgan fingerprint density at radius 3 is 2.56 bits per heavy atom. The fourth-order valence-corrected chi connectivity index (χ4v) is 5.06. The van der Waals surface area contributed by atoms with E-state index in [1.807, 2.05) is 12.1 Å². The highest BCUT2D eigenvalue weighted by molar-refractivity contribution is 5.77. The Bertz CT molecular complexity index is 962. The molecule has 0 spiro atoms. The van der Waals surface area contributed by atoms with Crippen LogP contribution in [0.15, 0.2) is 48.5 Å². The number of benzene rings is 2. The fourth-order valence-electron chi connectivity index (χ4n) is 5.06. The Morgan fingerprint density at radius 2 is 1.83 bits per heavy atom. The molecule has 196 valence electrons. The summed E-state index contributed by atoms with van der Waals surface area (Å²) in [5, 5.41) is 0. The van der Waals surface area contributed by atoms with E-state index in [4.69, 9.17) is 14.3 Å². The lowest BCUT2D eigenvalue weighted by atomic mass is 10.0. The van der Waals surface area contributed by atoms with Crippen molar-refractivity contribution >= 4 is 11.6 Å². The SMILES string of the molecule is COc1ccc(N2CCN(CC(=O)NOCC(C)C)[C@@H](Cc3ccccc3)C2)cc1OC1CCCC1. The van der Waals surface area contributed by atoms with Crippen LogP contribution in [0.1, 0.15) is 45.1 Å². The summed E-state index contributed by atoms with van der Waals surface area (Å²) in [5.41, 5.74) is 5.02. The maximum atomic E-state index is 12.6. The number of amides is 1. The Balaban J connectivity index is 1.46. The van der Waals surface area contributed by atoms with Crippen LogP contribution >= 0.6 is 0 Å². The average Bonchev–Trinajstić information content (AvgIpc) is 3.38. The first-order chi connectivity index (χ1) is 17.5. The molecule has 1 aliphatic heterocycles. The Morgan fingerprint density at radius 1 is 1.06 bits per heavy atom. The number of piperazine rings is 1. The summed E-state index contributed by atoms with van der Waals surface area (Å²) in [6.07, 6.45) is 5.81. The van der Waals surface area contributed by atoms with Gasteiger partial charge >= 0.3 is 0 Å². The quantitative estimate of drug-likeness (QED) is 0.465. The van der Waals surface area contributed by atoms with Crippen molar-refractivity contribution in [3.63, 3.8) is 0 Å². The summed E-state index contributed by atoms with van der Waals surface area (Å²) >= 11 is 0. The Labute approximate surface area is 215 Å². The van der Waals surface area contributed by atoms with Crippen LogP contribution in [-0.2, 0) is 16.1 Å². The van der Waals surface area contributed by atoms with Gasteiger partial charge in [0.05, 0.1) is 26.4 Å². The van der Waals surface area contributed by atoms with Crippen LogP contribution in [0.2, 0.25) is 0 Å². The third-order valence-electron chi connectivity index (χ3n) is 6.98. The third-order valence-corrected chi connectivity index (χ3v) is 6.98. The van der Waals surface area contributed by atoms with E-state index in [2.05, 4.69) is 65.5 Å². The molecule has 1 aliphatic carbocycles. The van der Waals surface area contributed by atoms with Gasteiger partial charge in [-0.2, -0.15) is 0 Å². The molecule has 2 aromatic carbocycles. The monoisotopic (exact) mass is 495 g/mol. The number of carbonyl (C=O) groups is 1. The van der Waals surface area contributed by atoms with Gasteiger partial charge in [-0.1, -0.05) is 44.2 Å². The molecule has 0 radical (unpaired) electrons. The first-order valence-electron chi connectivity index (χ1n) is 13.3. The predicted octanol–water partition coefficient (Wildman–Crippen LogP) is 4.45. The molecular weight excluding hydrogens is 454 g/mol. The van der Waals surface area contributed by atoms with E-state index in [9.17, 15) is 4.79 Å². The molecule has 1 saturated carbocycles. The largest absolute Gasteiger partial charge is 0.493 e. The molecule has 7 heteroatoms. The van der Waals surface area contributed by atoms with Crippen molar-refractivity contribution in [2.24, 2.45) is 5.92 Å². The lowest BCUT2D eigenvalue weighted by molar-refractivity contribution is -0.136. The minimum Gasteiger partial charge on any atom is -0.493 e. The molecule has 1 amide bonds. The van der Waals surface area contributed by atoms with Gasteiger partial charge in [0.15, 0.2) is 11.5 Å². The van der Waals surface area contributed by atoms with E-state index in [-0.39, 0.29) is 18.1 Å². The topological polar surface area (TPSA) is 63.3 Å². The minimum absolute atomic E-state index is 0.0983. The molecule has 7 nitrogen and oxygen atoms in total. The van der Waals surface area contributed by atoms with Gasteiger partial charge in [-0.25, -0.2) is 5.48 Å². The molecule has 4 rings (SSSR count).